The summed E-state index contributed by atoms with van der Waals surface area (Å²) >= 11 is 0. The summed E-state index contributed by atoms with van der Waals surface area (Å²) < 4.78 is 5.30. The number of carbonyl (C=O) groups excluding carboxylic acids is 1. The molecule has 2 N–H and O–H groups in total. The summed E-state index contributed by atoms with van der Waals surface area (Å²) in [5.41, 5.74) is 2.21. The van der Waals surface area contributed by atoms with E-state index in [1.807, 2.05) is 43.3 Å². The minimum Gasteiger partial charge on any atom is -0.469 e. The molecule has 0 spiro atoms. The number of amides is 1. The first-order chi connectivity index (χ1) is 11.7. The Morgan fingerprint density at radius 1 is 1.29 bits per heavy atom. The highest BCUT2D eigenvalue weighted by atomic mass is 16.3. The lowest BCUT2D eigenvalue weighted by Crippen LogP contribution is -2.32. The third-order valence-corrected chi connectivity index (χ3v) is 3.97. The lowest BCUT2D eigenvalue weighted by atomic mass is 10.0. The molecule has 24 heavy (non-hydrogen) atoms. The second-order valence-electron chi connectivity index (χ2n) is 5.87. The van der Waals surface area contributed by atoms with Crippen molar-refractivity contribution < 1.29 is 14.3 Å². The Hall–Kier alpha value is -2.66. The second-order valence-corrected chi connectivity index (χ2v) is 5.87. The molecule has 2 heterocycles. The predicted octanol–water partition coefficient (Wildman–Crippen LogP) is 2.72. The number of aliphatic hydroxyl groups excluding tert-OH is 1. The van der Waals surface area contributed by atoms with Gasteiger partial charge in [0.05, 0.1) is 17.3 Å². The molecule has 0 unspecified atom stereocenters. The summed E-state index contributed by atoms with van der Waals surface area (Å²) in [6.07, 6.45) is 2.19. The maximum absolute atomic E-state index is 12.6. The summed E-state index contributed by atoms with van der Waals surface area (Å²) in [4.78, 5) is 17.0. The first-order valence-electron chi connectivity index (χ1n) is 7.95. The molecule has 2 aromatic heterocycles. The quantitative estimate of drug-likeness (QED) is 0.731. The van der Waals surface area contributed by atoms with Gasteiger partial charge in [0.25, 0.3) is 5.91 Å². The van der Waals surface area contributed by atoms with E-state index in [0.717, 1.165) is 22.4 Å². The Bertz CT molecular complexity index is 828. The van der Waals surface area contributed by atoms with Crippen LogP contribution in [-0.2, 0) is 6.42 Å². The molecule has 0 bridgehead atoms. The number of carbonyl (C=O) groups is 1. The lowest BCUT2D eigenvalue weighted by molar-refractivity contribution is 0.0940. The number of furan rings is 1. The van der Waals surface area contributed by atoms with Crippen molar-refractivity contribution in [3.05, 3.63) is 65.7 Å². The van der Waals surface area contributed by atoms with Gasteiger partial charge in [-0.1, -0.05) is 18.2 Å². The van der Waals surface area contributed by atoms with E-state index in [1.54, 1.807) is 12.3 Å². The van der Waals surface area contributed by atoms with Gasteiger partial charge in [-0.3, -0.25) is 9.78 Å². The van der Waals surface area contributed by atoms with Gasteiger partial charge in [0, 0.05) is 36.6 Å². The number of benzene rings is 1. The Kier molecular flexibility index (Phi) is 4.91. The van der Waals surface area contributed by atoms with Gasteiger partial charge in [-0.2, -0.15) is 0 Å². The van der Waals surface area contributed by atoms with Crippen molar-refractivity contribution >= 4 is 16.8 Å². The van der Waals surface area contributed by atoms with E-state index in [9.17, 15) is 9.90 Å². The van der Waals surface area contributed by atoms with Crippen LogP contribution in [0.1, 0.15) is 21.8 Å². The standard InChI is InChI=1S/C19H20N2O3/c1-13-9-17(16-6-2-3-7-18(16)21-13)19(23)20-11-14(12-22)10-15-5-4-8-24-15/h2-9,14,22H,10-12H2,1H3,(H,20,23)/t14-/m0/s1. The molecular weight excluding hydrogens is 304 g/mol. The first kappa shape index (κ1) is 16.2. The number of aromatic nitrogens is 1. The van der Waals surface area contributed by atoms with Crippen molar-refractivity contribution in [1.29, 1.82) is 0 Å². The molecule has 1 aromatic carbocycles. The van der Waals surface area contributed by atoms with Gasteiger partial charge in [-0.25, -0.2) is 0 Å². The highest BCUT2D eigenvalue weighted by Crippen LogP contribution is 2.18. The van der Waals surface area contributed by atoms with Crippen molar-refractivity contribution in [1.82, 2.24) is 10.3 Å². The van der Waals surface area contributed by atoms with Crippen molar-refractivity contribution in [2.24, 2.45) is 5.92 Å². The number of aryl methyl sites for hydroxylation is 1. The zero-order valence-corrected chi connectivity index (χ0v) is 13.5. The van der Waals surface area contributed by atoms with E-state index >= 15 is 0 Å². The van der Waals surface area contributed by atoms with Gasteiger partial charge in [-0.05, 0) is 31.2 Å². The molecule has 124 valence electrons. The molecule has 0 aliphatic carbocycles. The summed E-state index contributed by atoms with van der Waals surface area (Å²) in [7, 11) is 0. The van der Waals surface area contributed by atoms with E-state index in [2.05, 4.69) is 10.3 Å². The van der Waals surface area contributed by atoms with Gasteiger partial charge in [0.15, 0.2) is 0 Å². The molecule has 3 aromatic rings. The fraction of sp³-hybridized carbons (Fsp3) is 0.263. The van der Waals surface area contributed by atoms with E-state index in [4.69, 9.17) is 4.42 Å². The van der Waals surface area contributed by atoms with Crippen molar-refractivity contribution in [2.75, 3.05) is 13.2 Å². The van der Waals surface area contributed by atoms with Crippen LogP contribution in [-0.4, -0.2) is 29.1 Å². The fourth-order valence-corrected chi connectivity index (χ4v) is 2.74. The minimum absolute atomic E-state index is 0.0168. The van der Waals surface area contributed by atoms with Gasteiger partial charge < -0.3 is 14.8 Å². The minimum atomic E-state index is -0.158. The number of nitrogens with zero attached hydrogens (tertiary/aromatic N) is 1. The maximum atomic E-state index is 12.6. The number of pyridine rings is 1. The third-order valence-electron chi connectivity index (χ3n) is 3.97. The number of aliphatic hydroxyl groups is 1. The zero-order valence-electron chi connectivity index (χ0n) is 13.5. The largest absolute Gasteiger partial charge is 0.469 e. The van der Waals surface area contributed by atoms with Crippen LogP contribution in [0.5, 0.6) is 0 Å². The van der Waals surface area contributed by atoms with E-state index in [1.165, 1.54) is 0 Å². The van der Waals surface area contributed by atoms with E-state index in [-0.39, 0.29) is 18.4 Å². The SMILES string of the molecule is Cc1cc(C(=O)NC[C@@H](CO)Cc2ccco2)c2ccccc2n1. The van der Waals surface area contributed by atoms with Crippen LogP contribution >= 0.6 is 0 Å². The smallest absolute Gasteiger partial charge is 0.252 e. The van der Waals surface area contributed by atoms with Gasteiger partial charge >= 0.3 is 0 Å². The average molecular weight is 324 g/mol. The summed E-state index contributed by atoms with van der Waals surface area (Å²) in [5.74, 6) is 0.553. The van der Waals surface area contributed by atoms with E-state index in [0.29, 0.717) is 18.5 Å². The van der Waals surface area contributed by atoms with Gasteiger partial charge in [-0.15, -0.1) is 0 Å². The van der Waals surface area contributed by atoms with Crippen LogP contribution < -0.4 is 5.32 Å². The Balaban J connectivity index is 1.73. The molecule has 0 saturated heterocycles. The molecule has 1 atom stereocenters. The number of nitrogens with one attached hydrogen (secondary N) is 1. The molecule has 0 saturated carbocycles. The third kappa shape index (κ3) is 3.63. The highest BCUT2D eigenvalue weighted by Gasteiger charge is 2.15. The normalized spacial score (nSPS) is 12.2. The number of rotatable bonds is 6. The molecule has 5 heteroatoms. The van der Waals surface area contributed by atoms with E-state index < -0.39 is 0 Å². The van der Waals surface area contributed by atoms with Gasteiger partial charge in [0.1, 0.15) is 5.76 Å². The fourth-order valence-electron chi connectivity index (χ4n) is 2.74. The van der Waals surface area contributed by atoms with Crippen LogP contribution in [0.4, 0.5) is 0 Å². The Morgan fingerprint density at radius 3 is 2.88 bits per heavy atom. The van der Waals surface area contributed by atoms with Crippen LogP contribution in [0.3, 0.4) is 0 Å². The monoisotopic (exact) mass is 324 g/mol. The molecular formula is C19H20N2O3. The topological polar surface area (TPSA) is 75.4 Å². The lowest BCUT2D eigenvalue weighted by Gasteiger charge is -2.15. The number of hydrogen-bond donors (Lipinski definition) is 2. The molecule has 1 amide bonds. The number of para-hydroxylation sites is 1. The zero-order chi connectivity index (χ0) is 16.9. The van der Waals surface area contributed by atoms with Gasteiger partial charge in [0.2, 0.25) is 0 Å². The molecule has 3 rings (SSSR count). The highest BCUT2D eigenvalue weighted by molar-refractivity contribution is 6.06. The number of fused-ring (bicyclic) bond motifs is 1. The average Bonchev–Trinajstić information content (AvgIpc) is 3.10. The van der Waals surface area contributed by atoms with Crippen molar-refractivity contribution in [3.8, 4) is 0 Å². The second kappa shape index (κ2) is 7.27. The first-order valence-corrected chi connectivity index (χ1v) is 7.95. The molecule has 0 fully saturated rings. The molecule has 0 aliphatic rings. The van der Waals surface area contributed by atoms with Crippen LogP contribution in [0.2, 0.25) is 0 Å². The summed E-state index contributed by atoms with van der Waals surface area (Å²) in [6.45, 7) is 2.24. The summed E-state index contributed by atoms with van der Waals surface area (Å²) in [6, 6.07) is 13.1. The molecule has 0 aliphatic heterocycles. The van der Waals surface area contributed by atoms with Crippen LogP contribution in [0.25, 0.3) is 10.9 Å². The number of hydrogen-bond acceptors (Lipinski definition) is 4. The van der Waals surface area contributed by atoms with Crippen LogP contribution in [0, 0.1) is 12.8 Å². The molecule has 5 nitrogen and oxygen atoms in total. The Labute approximate surface area is 140 Å². The predicted molar refractivity (Wildman–Crippen MR) is 91.8 cm³/mol. The maximum Gasteiger partial charge on any atom is 0.252 e. The van der Waals surface area contributed by atoms with Crippen LogP contribution in [0.15, 0.2) is 53.1 Å². The molecule has 0 radical (unpaired) electrons. The van der Waals surface area contributed by atoms with Crippen molar-refractivity contribution in [3.63, 3.8) is 0 Å². The summed E-state index contributed by atoms with van der Waals surface area (Å²) in [5, 5.41) is 13.3. The Morgan fingerprint density at radius 2 is 2.12 bits per heavy atom. The van der Waals surface area contributed by atoms with Crippen molar-refractivity contribution in [2.45, 2.75) is 13.3 Å².